The maximum absolute atomic E-state index is 13.7. The summed E-state index contributed by atoms with van der Waals surface area (Å²) in [4.78, 5) is 112. The Morgan fingerprint density at radius 1 is 0.554 bits per heavy atom. The Bertz CT molecular complexity index is 2170. The number of esters is 8. The fraction of sp³-hybridized carbons (Fsp3) is 0.512. The fourth-order valence-corrected chi connectivity index (χ4v) is 7.32. The SMILES string of the molecule is CC(=O)Oc1ccc([C@@H]2CC(=O)c3c(OC(C)=O)cc(O[C@@H]4O[C@H](CO[C@@H]5OC(C)[C@H](OC(C)=O)[C@@H](OC(C)=O)[C@H]5OC(C)=O)[C@@H](OC(C)=O)C(OC(C)=O)[C@H]4OC(C)=O)cc3O2)cc1. The highest BCUT2D eigenvalue weighted by Crippen LogP contribution is 2.44. The van der Waals surface area contributed by atoms with Gasteiger partial charge in [0, 0.05) is 67.5 Å². The van der Waals surface area contributed by atoms with Crippen LogP contribution in [0.5, 0.6) is 23.0 Å². The molecule has 0 saturated carbocycles. The summed E-state index contributed by atoms with van der Waals surface area (Å²) >= 11 is 0. The Balaban J connectivity index is 1.54. The molecule has 5 rings (SSSR count). The molecular formula is C43H48O22. The topological polar surface area (TPSA) is 274 Å². The minimum absolute atomic E-state index is 0.104. The van der Waals surface area contributed by atoms with Gasteiger partial charge in [0.1, 0.15) is 40.8 Å². The molecule has 3 heterocycles. The number of fused-ring (bicyclic) bond motifs is 1. The van der Waals surface area contributed by atoms with Gasteiger partial charge in [-0.05, 0) is 24.6 Å². The third kappa shape index (κ3) is 13.0. The minimum atomic E-state index is -1.78. The van der Waals surface area contributed by atoms with Gasteiger partial charge in [0.05, 0.1) is 19.1 Å². The van der Waals surface area contributed by atoms with Crippen LogP contribution in [0.25, 0.3) is 0 Å². The molecule has 0 radical (unpaired) electrons. The molecule has 22 heteroatoms. The molecule has 2 aromatic carbocycles. The predicted octanol–water partition coefficient (Wildman–Crippen LogP) is 2.70. The van der Waals surface area contributed by atoms with Crippen molar-refractivity contribution in [3.8, 4) is 23.0 Å². The lowest BCUT2D eigenvalue weighted by atomic mass is 9.95. The van der Waals surface area contributed by atoms with Crippen molar-refractivity contribution in [1.82, 2.24) is 0 Å². The zero-order valence-corrected chi connectivity index (χ0v) is 36.7. The van der Waals surface area contributed by atoms with Crippen molar-refractivity contribution in [2.75, 3.05) is 6.61 Å². The Morgan fingerprint density at radius 3 is 1.58 bits per heavy atom. The molecule has 3 aliphatic rings. The number of carbonyl (C=O) groups is 9. The molecular weight excluding hydrogens is 868 g/mol. The quantitative estimate of drug-likeness (QED) is 0.150. The van der Waals surface area contributed by atoms with E-state index < -0.39 is 128 Å². The van der Waals surface area contributed by atoms with E-state index in [4.69, 9.17) is 61.6 Å². The van der Waals surface area contributed by atoms with Crippen LogP contribution in [0.15, 0.2) is 36.4 Å². The molecule has 2 aromatic rings. The summed E-state index contributed by atoms with van der Waals surface area (Å²) in [5.41, 5.74) is 0.412. The highest BCUT2D eigenvalue weighted by atomic mass is 16.8. The standard InChI is InChI=1S/C43H48O22/c1-18-36(57-21(4)46)38(59-23(6)48)40(61-25(8)50)42(54-18)53-17-34-37(58-22(5)47)39(60-24(7)49)41(62-26(9)51)43(65-34)63-29-14-32(56-20(3)45)35-30(52)16-31(64-33(35)15-29)27-10-12-28(13-11-27)55-19(2)44/h10-15,18,31,34,36-43H,16-17H2,1-9H3/t18?,31-,34+,36-,37+,38+,39?,40+,41+,42+,43+/m0/s1. The fourth-order valence-electron chi connectivity index (χ4n) is 7.32. The molecule has 0 N–H and O–H groups in total. The number of hydrogen-bond donors (Lipinski definition) is 0. The molecule has 0 aromatic heterocycles. The second-order valence-electron chi connectivity index (χ2n) is 14.9. The van der Waals surface area contributed by atoms with E-state index in [1.165, 1.54) is 38.1 Å². The molecule has 0 spiro atoms. The van der Waals surface area contributed by atoms with Crippen molar-refractivity contribution in [2.24, 2.45) is 0 Å². The smallest absolute Gasteiger partial charge is 0.308 e. The highest BCUT2D eigenvalue weighted by molar-refractivity contribution is 6.03. The lowest BCUT2D eigenvalue weighted by molar-refractivity contribution is -0.323. The maximum Gasteiger partial charge on any atom is 0.308 e. The average molecular weight is 917 g/mol. The maximum atomic E-state index is 13.7. The van der Waals surface area contributed by atoms with Crippen LogP contribution < -0.4 is 18.9 Å². The van der Waals surface area contributed by atoms with Crippen molar-refractivity contribution < 1.29 is 105 Å². The van der Waals surface area contributed by atoms with Crippen LogP contribution >= 0.6 is 0 Å². The van der Waals surface area contributed by atoms with Gasteiger partial charge >= 0.3 is 47.8 Å². The number of benzene rings is 2. The van der Waals surface area contributed by atoms with E-state index in [1.807, 2.05) is 0 Å². The largest absolute Gasteiger partial charge is 0.484 e. The van der Waals surface area contributed by atoms with Crippen LogP contribution in [0.2, 0.25) is 0 Å². The minimum Gasteiger partial charge on any atom is -0.484 e. The van der Waals surface area contributed by atoms with Crippen molar-refractivity contribution >= 4 is 53.5 Å². The number of hydrogen-bond acceptors (Lipinski definition) is 22. The van der Waals surface area contributed by atoms with E-state index in [0.717, 1.165) is 48.5 Å². The summed E-state index contributed by atoms with van der Waals surface area (Å²) in [6.45, 7) is 9.49. The average Bonchev–Trinajstić information content (AvgIpc) is 3.17. The molecule has 2 fully saturated rings. The van der Waals surface area contributed by atoms with E-state index in [9.17, 15) is 43.2 Å². The van der Waals surface area contributed by atoms with Crippen LogP contribution in [0, 0.1) is 0 Å². The van der Waals surface area contributed by atoms with E-state index in [2.05, 4.69) is 0 Å². The predicted molar refractivity (Wildman–Crippen MR) is 211 cm³/mol. The molecule has 2 unspecified atom stereocenters. The van der Waals surface area contributed by atoms with Crippen LogP contribution in [0.1, 0.15) is 90.8 Å². The summed E-state index contributed by atoms with van der Waals surface area (Å²) in [6.07, 6.45) is -16.3. The van der Waals surface area contributed by atoms with E-state index in [0.29, 0.717) is 5.56 Å². The van der Waals surface area contributed by atoms with Crippen molar-refractivity contribution in [1.29, 1.82) is 0 Å². The van der Waals surface area contributed by atoms with E-state index in [-0.39, 0.29) is 35.0 Å². The van der Waals surface area contributed by atoms with Crippen molar-refractivity contribution in [2.45, 2.75) is 136 Å². The normalized spacial score (nSPS) is 27.0. The third-order valence-electron chi connectivity index (χ3n) is 9.53. The van der Waals surface area contributed by atoms with Gasteiger partial charge in [0.25, 0.3) is 0 Å². The molecule has 22 nitrogen and oxygen atoms in total. The molecule has 65 heavy (non-hydrogen) atoms. The van der Waals surface area contributed by atoms with Crippen LogP contribution in [-0.4, -0.2) is 122 Å². The monoisotopic (exact) mass is 916 g/mol. The third-order valence-corrected chi connectivity index (χ3v) is 9.53. The van der Waals surface area contributed by atoms with Crippen LogP contribution in [0.4, 0.5) is 0 Å². The summed E-state index contributed by atoms with van der Waals surface area (Å²) < 4.78 is 74.4. The summed E-state index contributed by atoms with van der Waals surface area (Å²) in [7, 11) is 0. The van der Waals surface area contributed by atoms with Crippen LogP contribution in [-0.2, 0) is 81.0 Å². The first-order chi connectivity index (χ1) is 30.6. The van der Waals surface area contributed by atoms with Gasteiger partial charge in [-0.2, -0.15) is 0 Å². The van der Waals surface area contributed by atoms with Crippen LogP contribution in [0.3, 0.4) is 0 Å². The number of Topliss-reactive ketones (excluding diaryl/α,β-unsaturated/α-hetero) is 1. The number of ether oxygens (including phenoxy) is 13. The molecule has 0 amide bonds. The van der Waals surface area contributed by atoms with Gasteiger partial charge in [-0.1, -0.05) is 12.1 Å². The Morgan fingerprint density at radius 2 is 1.05 bits per heavy atom. The number of ketones is 1. The van der Waals surface area contributed by atoms with Gasteiger partial charge in [-0.15, -0.1) is 0 Å². The Kier molecular flexibility index (Phi) is 16.2. The van der Waals surface area contributed by atoms with Gasteiger partial charge in [-0.25, -0.2) is 0 Å². The highest BCUT2D eigenvalue weighted by Gasteiger charge is 2.55. The first kappa shape index (κ1) is 49.4. The van der Waals surface area contributed by atoms with Gasteiger partial charge in [0.2, 0.25) is 12.4 Å². The summed E-state index contributed by atoms with van der Waals surface area (Å²) in [5.74, 6) is -7.37. The molecule has 0 aliphatic carbocycles. The second-order valence-corrected chi connectivity index (χ2v) is 14.9. The number of carbonyl (C=O) groups excluding carboxylic acids is 9. The number of rotatable bonds is 14. The van der Waals surface area contributed by atoms with E-state index >= 15 is 0 Å². The van der Waals surface area contributed by atoms with Gasteiger partial charge in [-0.3, -0.25) is 43.2 Å². The summed E-state index contributed by atoms with van der Waals surface area (Å²) in [6, 6.07) is 8.65. The Labute approximate surface area is 371 Å². The first-order valence-corrected chi connectivity index (χ1v) is 20.1. The molecule has 3 aliphatic heterocycles. The van der Waals surface area contributed by atoms with E-state index in [1.54, 1.807) is 12.1 Å². The Hall–Kier alpha value is -6.65. The van der Waals surface area contributed by atoms with Crippen molar-refractivity contribution in [3.63, 3.8) is 0 Å². The zero-order chi connectivity index (χ0) is 47.9. The van der Waals surface area contributed by atoms with Gasteiger partial charge < -0.3 is 61.6 Å². The zero-order valence-electron chi connectivity index (χ0n) is 36.7. The molecule has 2 saturated heterocycles. The van der Waals surface area contributed by atoms with Crippen molar-refractivity contribution in [3.05, 3.63) is 47.5 Å². The summed E-state index contributed by atoms with van der Waals surface area (Å²) in [5, 5.41) is 0. The second kappa shape index (κ2) is 21.4. The lowest BCUT2D eigenvalue weighted by Gasteiger charge is -2.46. The van der Waals surface area contributed by atoms with Gasteiger partial charge in [0.15, 0.2) is 42.6 Å². The first-order valence-electron chi connectivity index (χ1n) is 20.1. The molecule has 11 atom stereocenters. The molecule has 352 valence electrons. The lowest BCUT2D eigenvalue weighted by Crippen LogP contribution is -2.64. The molecule has 0 bridgehead atoms.